The molecule has 0 fully saturated rings. The molecule has 0 unspecified atom stereocenters. The summed E-state index contributed by atoms with van der Waals surface area (Å²) in [6.45, 7) is 0. The van der Waals surface area contributed by atoms with Crippen molar-refractivity contribution in [3.05, 3.63) is 59.4 Å². The van der Waals surface area contributed by atoms with Gasteiger partial charge in [0.05, 0.1) is 16.8 Å². The van der Waals surface area contributed by atoms with Gasteiger partial charge in [-0.2, -0.15) is 0 Å². The smallest absolute Gasteiger partial charge is 0.335 e. The SMILES string of the molecule is NC(=O)c1c(F)cccc1Nc1ccc(C(=O)O)cc1. The quantitative estimate of drug-likeness (QED) is 0.798. The van der Waals surface area contributed by atoms with Crippen LogP contribution >= 0.6 is 0 Å². The molecule has 2 aromatic carbocycles. The van der Waals surface area contributed by atoms with Gasteiger partial charge in [-0.25, -0.2) is 9.18 Å². The van der Waals surface area contributed by atoms with Crippen LogP contribution in [0.15, 0.2) is 42.5 Å². The maximum atomic E-state index is 13.6. The van der Waals surface area contributed by atoms with E-state index in [2.05, 4.69) is 5.32 Å². The first kappa shape index (κ1) is 13.5. The van der Waals surface area contributed by atoms with E-state index in [1.54, 1.807) is 0 Å². The number of hydrogen-bond donors (Lipinski definition) is 3. The van der Waals surface area contributed by atoms with E-state index in [4.69, 9.17) is 10.8 Å². The second-order valence-corrected chi connectivity index (χ2v) is 4.03. The summed E-state index contributed by atoms with van der Waals surface area (Å²) in [6, 6.07) is 9.91. The molecule has 20 heavy (non-hydrogen) atoms. The number of aromatic carboxylic acids is 1. The summed E-state index contributed by atoms with van der Waals surface area (Å²) < 4.78 is 13.6. The molecule has 0 aliphatic carbocycles. The molecule has 102 valence electrons. The van der Waals surface area contributed by atoms with E-state index in [0.717, 1.165) is 6.07 Å². The van der Waals surface area contributed by atoms with Crippen LogP contribution in [0.5, 0.6) is 0 Å². The molecule has 0 aromatic heterocycles. The van der Waals surface area contributed by atoms with Crippen molar-refractivity contribution < 1.29 is 19.1 Å². The summed E-state index contributed by atoms with van der Waals surface area (Å²) in [7, 11) is 0. The number of hydrogen-bond acceptors (Lipinski definition) is 3. The van der Waals surface area contributed by atoms with Crippen LogP contribution in [0, 0.1) is 5.82 Å². The number of carbonyl (C=O) groups is 2. The van der Waals surface area contributed by atoms with Gasteiger partial charge in [-0.05, 0) is 36.4 Å². The van der Waals surface area contributed by atoms with E-state index in [-0.39, 0.29) is 16.8 Å². The Morgan fingerprint density at radius 2 is 1.75 bits per heavy atom. The van der Waals surface area contributed by atoms with Gasteiger partial charge in [0, 0.05) is 5.69 Å². The van der Waals surface area contributed by atoms with E-state index in [1.165, 1.54) is 36.4 Å². The molecule has 5 nitrogen and oxygen atoms in total. The monoisotopic (exact) mass is 274 g/mol. The molecule has 0 aliphatic heterocycles. The predicted octanol–water partition coefficient (Wildman–Crippen LogP) is 2.37. The molecule has 0 saturated heterocycles. The fourth-order valence-corrected chi connectivity index (χ4v) is 1.73. The lowest BCUT2D eigenvalue weighted by Gasteiger charge is -2.10. The number of carboxylic acids is 1. The topological polar surface area (TPSA) is 92.4 Å². The molecule has 0 aliphatic rings. The zero-order valence-corrected chi connectivity index (χ0v) is 10.3. The van der Waals surface area contributed by atoms with Gasteiger partial charge in [-0.15, -0.1) is 0 Å². The zero-order valence-electron chi connectivity index (χ0n) is 10.3. The minimum absolute atomic E-state index is 0.130. The van der Waals surface area contributed by atoms with Crippen molar-refractivity contribution in [3.63, 3.8) is 0 Å². The zero-order chi connectivity index (χ0) is 14.7. The Labute approximate surface area is 113 Å². The van der Waals surface area contributed by atoms with Crippen molar-refractivity contribution in [1.82, 2.24) is 0 Å². The van der Waals surface area contributed by atoms with Crippen molar-refractivity contribution in [1.29, 1.82) is 0 Å². The number of amides is 1. The van der Waals surface area contributed by atoms with Crippen LogP contribution in [0.1, 0.15) is 20.7 Å². The number of carboxylic acid groups (broad SMARTS) is 1. The van der Waals surface area contributed by atoms with Crippen LogP contribution in [0.25, 0.3) is 0 Å². The minimum Gasteiger partial charge on any atom is -0.478 e. The Hall–Kier alpha value is -2.89. The van der Waals surface area contributed by atoms with E-state index >= 15 is 0 Å². The summed E-state index contributed by atoms with van der Waals surface area (Å²) in [5, 5.41) is 11.6. The van der Waals surface area contributed by atoms with Gasteiger partial charge >= 0.3 is 5.97 Å². The van der Waals surface area contributed by atoms with Gasteiger partial charge in [-0.1, -0.05) is 6.07 Å². The van der Waals surface area contributed by atoms with Gasteiger partial charge in [-0.3, -0.25) is 4.79 Å². The highest BCUT2D eigenvalue weighted by atomic mass is 19.1. The molecule has 0 radical (unpaired) electrons. The highest BCUT2D eigenvalue weighted by Crippen LogP contribution is 2.23. The van der Waals surface area contributed by atoms with Crippen LogP contribution in [0.4, 0.5) is 15.8 Å². The second-order valence-electron chi connectivity index (χ2n) is 4.03. The lowest BCUT2D eigenvalue weighted by Crippen LogP contribution is -2.15. The van der Waals surface area contributed by atoms with Crippen molar-refractivity contribution in [3.8, 4) is 0 Å². The van der Waals surface area contributed by atoms with Crippen LogP contribution in [0.2, 0.25) is 0 Å². The number of anilines is 2. The first-order valence-electron chi connectivity index (χ1n) is 5.67. The predicted molar refractivity (Wildman–Crippen MR) is 71.6 cm³/mol. The van der Waals surface area contributed by atoms with E-state index < -0.39 is 17.7 Å². The third-order valence-corrected chi connectivity index (χ3v) is 2.67. The number of primary amides is 1. The molecule has 2 aromatic rings. The standard InChI is InChI=1S/C14H11FN2O3/c15-10-2-1-3-11(12(10)13(16)18)17-9-6-4-8(5-7-9)14(19)20/h1-7,17H,(H2,16,18)(H,19,20). The van der Waals surface area contributed by atoms with Crippen molar-refractivity contribution >= 4 is 23.3 Å². The number of nitrogens with one attached hydrogen (secondary N) is 1. The number of carbonyl (C=O) groups excluding carboxylic acids is 1. The first-order chi connectivity index (χ1) is 9.49. The van der Waals surface area contributed by atoms with Gasteiger partial charge in [0.2, 0.25) is 0 Å². The Morgan fingerprint density at radius 1 is 1.10 bits per heavy atom. The second kappa shape index (κ2) is 5.40. The molecule has 4 N–H and O–H groups in total. The lowest BCUT2D eigenvalue weighted by atomic mass is 10.1. The van der Waals surface area contributed by atoms with E-state index in [9.17, 15) is 14.0 Å². The van der Waals surface area contributed by atoms with Gasteiger partial charge in [0.15, 0.2) is 0 Å². The average Bonchev–Trinajstić information content (AvgIpc) is 2.39. The normalized spacial score (nSPS) is 10.1. The average molecular weight is 274 g/mol. The van der Waals surface area contributed by atoms with Crippen molar-refractivity contribution in [2.75, 3.05) is 5.32 Å². The summed E-state index contributed by atoms with van der Waals surface area (Å²) in [5.41, 5.74) is 5.76. The van der Waals surface area contributed by atoms with Gasteiger partial charge in [0.1, 0.15) is 5.82 Å². The maximum absolute atomic E-state index is 13.6. The molecule has 2 rings (SSSR count). The largest absolute Gasteiger partial charge is 0.478 e. The number of rotatable bonds is 4. The molecule has 0 bridgehead atoms. The van der Waals surface area contributed by atoms with E-state index in [1.807, 2.05) is 0 Å². The Kier molecular flexibility index (Phi) is 3.65. The Bertz CT molecular complexity index is 669. The highest BCUT2D eigenvalue weighted by Gasteiger charge is 2.14. The summed E-state index contributed by atoms with van der Waals surface area (Å²) in [4.78, 5) is 22.0. The Balaban J connectivity index is 2.33. The first-order valence-corrected chi connectivity index (χ1v) is 5.67. The fraction of sp³-hybridized carbons (Fsp3) is 0. The lowest BCUT2D eigenvalue weighted by molar-refractivity contribution is 0.0696. The number of halogens is 1. The molecular formula is C14H11FN2O3. The molecule has 1 amide bonds. The van der Waals surface area contributed by atoms with Crippen LogP contribution in [-0.4, -0.2) is 17.0 Å². The molecule has 0 atom stereocenters. The summed E-state index contributed by atoms with van der Waals surface area (Å²) in [6.07, 6.45) is 0. The fourth-order valence-electron chi connectivity index (χ4n) is 1.73. The number of benzene rings is 2. The summed E-state index contributed by atoms with van der Waals surface area (Å²) >= 11 is 0. The summed E-state index contributed by atoms with van der Waals surface area (Å²) in [5.74, 6) is -2.64. The van der Waals surface area contributed by atoms with E-state index in [0.29, 0.717) is 5.69 Å². The van der Waals surface area contributed by atoms with Crippen LogP contribution in [-0.2, 0) is 0 Å². The molecule has 0 saturated carbocycles. The van der Waals surface area contributed by atoms with Gasteiger partial charge < -0.3 is 16.2 Å². The van der Waals surface area contributed by atoms with Crippen molar-refractivity contribution in [2.24, 2.45) is 5.73 Å². The molecule has 6 heteroatoms. The third kappa shape index (κ3) is 2.74. The van der Waals surface area contributed by atoms with Crippen LogP contribution < -0.4 is 11.1 Å². The highest BCUT2D eigenvalue weighted by molar-refractivity contribution is 5.99. The third-order valence-electron chi connectivity index (χ3n) is 2.67. The molecule has 0 spiro atoms. The van der Waals surface area contributed by atoms with Crippen molar-refractivity contribution in [2.45, 2.75) is 0 Å². The Morgan fingerprint density at radius 3 is 2.30 bits per heavy atom. The molecule has 0 heterocycles. The molecular weight excluding hydrogens is 263 g/mol. The minimum atomic E-state index is -1.04. The number of nitrogens with two attached hydrogens (primary N) is 1. The van der Waals surface area contributed by atoms with Crippen LogP contribution in [0.3, 0.4) is 0 Å². The van der Waals surface area contributed by atoms with Gasteiger partial charge in [0.25, 0.3) is 5.91 Å². The maximum Gasteiger partial charge on any atom is 0.335 e.